The lowest BCUT2D eigenvalue weighted by Gasteiger charge is -2.30. The predicted molar refractivity (Wildman–Crippen MR) is 61.7 cm³/mol. The topological polar surface area (TPSA) is 23.5 Å². The maximum atomic E-state index is 13.5. The highest BCUT2D eigenvalue weighted by Crippen LogP contribution is 2.16. The van der Waals surface area contributed by atoms with Crippen molar-refractivity contribution in [2.24, 2.45) is 0 Å². The summed E-state index contributed by atoms with van der Waals surface area (Å²) in [5.74, 6) is -0.148. The standard InChI is InChI=1S/C13H18FNO/c1-10-4-5-13(14)11(7-10)8-15-6-2-3-12(16)9-15/h4-5,7,12,16H,2-3,6,8-9H2,1H3. The molecule has 0 amide bonds. The molecule has 1 aliphatic heterocycles. The quantitative estimate of drug-likeness (QED) is 0.830. The third kappa shape index (κ3) is 2.80. The summed E-state index contributed by atoms with van der Waals surface area (Å²) in [6.07, 6.45) is 1.61. The highest BCUT2D eigenvalue weighted by atomic mass is 19.1. The molecule has 0 aliphatic carbocycles. The number of hydrogen-bond donors (Lipinski definition) is 1. The van der Waals surface area contributed by atoms with Gasteiger partial charge < -0.3 is 5.11 Å². The van der Waals surface area contributed by atoms with Crippen LogP contribution in [0.15, 0.2) is 18.2 Å². The van der Waals surface area contributed by atoms with E-state index in [9.17, 15) is 9.50 Å². The SMILES string of the molecule is Cc1ccc(F)c(CN2CCCC(O)C2)c1. The van der Waals surface area contributed by atoms with Gasteiger partial charge >= 0.3 is 0 Å². The van der Waals surface area contributed by atoms with E-state index in [0.717, 1.165) is 30.5 Å². The molecule has 1 saturated heterocycles. The zero-order chi connectivity index (χ0) is 11.5. The molecule has 0 aromatic heterocycles. The minimum absolute atomic E-state index is 0.148. The Kier molecular flexibility index (Phi) is 3.56. The van der Waals surface area contributed by atoms with E-state index in [-0.39, 0.29) is 11.9 Å². The molecule has 1 aliphatic rings. The molecule has 0 radical (unpaired) electrons. The second-order valence-corrected chi connectivity index (χ2v) is 4.63. The van der Waals surface area contributed by atoms with E-state index in [2.05, 4.69) is 4.90 Å². The summed E-state index contributed by atoms with van der Waals surface area (Å²) in [6, 6.07) is 5.19. The van der Waals surface area contributed by atoms with Crippen LogP contribution < -0.4 is 0 Å². The molecule has 1 fully saturated rings. The fourth-order valence-electron chi connectivity index (χ4n) is 2.24. The molecule has 1 N–H and O–H groups in total. The third-order valence-electron chi connectivity index (χ3n) is 3.08. The maximum Gasteiger partial charge on any atom is 0.127 e. The Hall–Kier alpha value is -0.930. The molecule has 1 aromatic carbocycles. The monoisotopic (exact) mass is 223 g/mol. The molecule has 2 nitrogen and oxygen atoms in total. The minimum Gasteiger partial charge on any atom is -0.392 e. The number of aliphatic hydroxyl groups is 1. The van der Waals surface area contributed by atoms with Crippen LogP contribution in [0.4, 0.5) is 4.39 Å². The highest BCUT2D eigenvalue weighted by Gasteiger charge is 2.18. The first-order chi connectivity index (χ1) is 7.65. The number of halogens is 1. The van der Waals surface area contributed by atoms with Crippen molar-refractivity contribution in [2.75, 3.05) is 13.1 Å². The number of rotatable bonds is 2. The predicted octanol–water partition coefficient (Wildman–Crippen LogP) is 2.09. The van der Waals surface area contributed by atoms with Gasteiger partial charge in [-0.1, -0.05) is 17.7 Å². The van der Waals surface area contributed by atoms with Crippen molar-refractivity contribution in [1.29, 1.82) is 0 Å². The van der Waals surface area contributed by atoms with E-state index in [1.54, 1.807) is 6.07 Å². The summed E-state index contributed by atoms with van der Waals surface area (Å²) in [7, 11) is 0. The van der Waals surface area contributed by atoms with Crippen LogP contribution in [0.2, 0.25) is 0 Å². The number of hydrogen-bond acceptors (Lipinski definition) is 2. The van der Waals surface area contributed by atoms with Crippen molar-refractivity contribution in [2.45, 2.75) is 32.4 Å². The van der Waals surface area contributed by atoms with Crippen LogP contribution in [-0.4, -0.2) is 29.2 Å². The van der Waals surface area contributed by atoms with Crippen LogP contribution in [0.5, 0.6) is 0 Å². The van der Waals surface area contributed by atoms with Gasteiger partial charge in [0, 0.05) is 18.7 Å². The summed E-state index contributed by atoms with van der Waals surface area (Å²) in [6.45, 7) is 4.18. The van der Waals surface area contributed by atoms with Crippen LogP contribution in [0, 0.1) is 12.7 Å². The Bertz CT molecular complexity index is 367. The van der Waals surface area contributed by atoms with Crippen molar-refractivity contribution in [3.63, 3.8) is 0 Å². The molecule has 1 heterocycles. The van der Waals surface area contributed by atoms with Crippen LogP contribution >= 0.6 is 0 Å². The second kappa shape index (κ2) is 4.93. The van der Waals surface area contributed by atoms with E-state index < -0.39 is 0 Å². The minimum atomic E-state index is -0.248. The summed E-state index contributed by atoms with van der Waals surface area (Å²) < 4.78 is 13.5. The largest absolute Gasteiger partial charge is 0.392 e. The first-order valence-corrected chi connectivity index (χ1v) is 5.80. The lowest BCUT2D eigenvalue weighted by molar-refractivity contribution is 0.0662. The lowest BCUT2D eigenvalue weighted by Crippen LogP contribution is -2.37. The molecular weight excluding hydrogens is 205 g/mol. The van der Waals surface area contributed by atoms with Crippen molar-refractivity contribution >= 4 is 0 Å². The number of β-amino-alcohol motifs (C(OH)–C–C–N with tert-alkyl or cyclic N) is 1. The highest BCUT2D eigenvalue weighted by molar-refractivity contribution is 5.24. The first kappa shape index (κ1) is 11.6. The Labute approximate surface area is 95.7 Å². The van der Waals surface area contributed by atoms with Gasteiger partial charge in [-0.3, -0.25) is 4.90 Å². The summed E-state index contributed by atoms with van der Waals surface area (Å²) in [4.78, 5) is 2.12. The Morgan fingerprint density at radius 1 is 1.50 bits per heavy atom. The molecule has 0 bridgehead atoms. The van der Waals surface area contributed by atoms with Gasteiger partial charge in [-0.05, 0) is 32.4 Å². The second-order valence-electron chi connectivity index (χ2n) is 4.63. The lowest BCUT2D eigenvalue weighted by atomic mass is 10.1. The zero-order valence-electron chi connectivity index (χ0n) is 9.62. The Morgan fingerprint density at radius 2 is 2.31 bits per heavy atom. The zero-order valence-corrected chi connectivity index (χ0v) is 9.62. The number of aryl methyl sites for hydroxylation is 1. The fraction of sp³-hybridized carbons (Fsp3) is 0.538. The van der Waals surface area contributed by atoms with E-state index in [4.69, 9.17) is 0 Å². The van der Waals surface area contributed by atoms with Crippen LogP contribution in [0.25, 0.3) is 0 Å². The average molecular weight is 223 g/mol. The Balaban J connectivity index is 2.05. The average Bonchev–Trinajstić information content (AvgIpc) is 2.24. The van der Waals surface area contributed by atoms with Gasteiger partial charge in [-0.15, -0.1) is 0 Å². The number of aliphatic hydroxyl groups excluding tert-OH is 1. The molecule has 0 saturated carbocycles. The van der Waals surface area contributed by atoms with E-state index in [1.165, 1.54) is 6.07 Å². The molecule has 2 rings (SSSR count). The number of likely N-dealkylation sites (tertiary alicyclic amines) is 1. The summed E-state index contributed by atoms with van der Waals surface area (Å²) >= 11 is 0. The molecule has 88 valence electrons. The van der Waals surface area contributed by atoms with Crippen LogP contribution in [-0.2, 0) is 6.54 Å². The normalized spacial score (nSPS) is 22.3. The Morgan fingerprint density at radius 3 is 3.06 bits per heavy atom. The number of nitrogens with zero attached hydrogens (tertiary/aromatic N) is 1. The van der Waals surface area contributed by atoms with Gasteiger partial charge in [-0.25, -0.2) is 4.39 Å². The maximum absolute atomic E-state index is 13.5. The van der Waals surface area contributed by atoms with Crippen molar-refractivity contribution in [3.05, 3.63) is 35.1 Å². The van der Waals surface area contributed by atoms with E-state index in [1.807, 2.05) is 13.0 Å². The van der Waals surface area contributed by atoms with Crippen molar-refractivity contribution in [3.8, 4) is 0 Å². The van der Waals surface area contributed by atoms with E-state index in [0.29, 0.717) is 13.1 Å². The van der Waals surface area contributed by atoms with Crippen molar-refractivity contribution in [1.82, 2.24) is 4.90 Å². The summed E-state index contributed by atoms with van der Waals surface area (Å²) in [5, 5.41) is 9.55. The number of benzene rings is 1. The van der Waals surface area contributed by atoms with Gasteiger partial charge in [0.25, 0.3) is 0 Å². The van der Waals surface area contributed by atoms with Crippen LogP contribution in [0.1, 0.15) is 24.0 Å². The van der Waals surface area contributed by atoms with Gasteiger partial charge in [0.2, 0.25) is 0 Å². The molecule has 1 aromatic rings. The van der Waals surface area contributed by atoms with Crippen LogP contribution in [0.3, 0.4) is 0 Å². The molecule has 0 spiro atoms. The smallest absolute Gasteiger partial charge is 0.127 e. The van der Waals surface area contributed by atoms with Gasteiger partial charge in [0.05, 0.1) is 6.10 Å². The summed E-state index contributed by atoms with van der Waals surface area (Å²) in [5.41, 5.74) is 1.81. The molecule has 3 heteroatoms. The third-order valence-corrected chi connectivity index (χ3v) is 3.08. The first-order valence-electron chi connectivity index (χ1n) is 5.80. The molecule has 1 unspecified atom stereocenters. The fourth-order valence-corrected chi connectivity index (χ4v) is 2.24. The molecule has 16 heavy (non-hydrogen) atoms. The van der Waals surface area contributed by atoms with E-state index >= 15 is 0 Å². The number of piperidine rings is 1. The molecular formula is C13H18FNO. The molecule has 1 atom stereocenters. The van der Waals surface area contributed by atoms with Gasteiger partial charge in [-0.2, -0.15) is 0 Å². The van der Waals surface area contributed by atoms with Gasteiger partial charge in [0.1, 0.15) is 5.82 Å². The van der Waals surface area contributed by atoms with Crippen molar-refractivity contribution < 1.29 is 9.50 Å². The van der Waals surface area contributed by atoms with Gasteiger partial charge in [0.15, 0.2) is 0 Å².